The number of carbonyl (C=O) groups is 2. The molecule has 0 atom stereocenters. The predicted octanol–water partition coefficient (Wildman–Crippen LogP) is 2.25. The third kappa shape index (κ3) is 4.91. The molecule has 1 fully saturated rings. The highest BCUT2D eigenvalue weighted by Crippen LogP contribution is 2.23. The third-order valence-corrected chi connectivity index (χ3v) is 5.00. The number of piperidine rings is 1. The SMILES string of the molecule is CCCc1cc(=O)oc2cc(OCC(=O)NC3CCN(C(C)=O)CC3)ccc12. The van der Waals surface area contributed by atoms with Crippen LogP contribution in [0.5, 0.6) is 5.75 Å². The van der Waals surface area contributed by atoms with Gasteiger partial charge in [0, 0.05) is 43.6 Å². The standard InChI is InChI=1S/C21H26N2O5/c1-3-4-15-11-21(26)28-19-12-17(5-6-18(15)19)27-13-20(25)22-16-7-9-23(10-8-16)14(2)24/h5-6,11-12,16H,3-4,7-10,13H2,1-2H3,(H,22,25). The molecule has 0 spiro atoms. The van der Waals surface area contributed by atoms with E-state index in [1.807, 2.05) is 6.07 Å². The van der Waals surface area contributed by atoms with Crippen molar-refractivity contribution in [3.63, 3.8) is 0 Å². The van der Waals surface area contributed by atoms with Gasteiger partial charge in [-0.3, -0.25) is 9.59 Å². The first kappa shape index (κ1) is 19.9. The second kappa shape index (κ2) is 8.91. The summed E-state index contributed by atoms with van der Waals surface area (Å²) in [7, 11) is 0. The fourth-order valence-corrected chi connectivity index (χ4v) is 3.53. The third-order valence-electron chi connectivity index (χ3n) is 5.00. The molecule has 150 valence electrons. The molecule has 7 heteroatoms. The van der Waals surface area contributed by atoms with E-state index in [1.165, 1.54) is 6.07 Å². The van der Waals surface area contributed by atoms with E-state index in [4.69, 9.17) is 9.15 Å². The molecule has 3 rings (SSSR count). The van der Waals surface area contributed by atoms with Crippen molar-refractivity contribution in [2.45, 2.75) is 45.6 Å². The number of hydrogen-bond acceptors (Lipinski definition) is 5. The van der Waals surface area contributed by atoms with E-state index in [1.54, 1.807) is 24.0 Å². The van der Waals surface area contributed by atoms with E-state index >= 15 is 0 Å². The molecule has 1 aliphatic rings. The van der Waals surface area contributed by atoms with Gasteiger partial charge in [0.25, 0.3) is 5.91 Å². The highest BCUT2D eigenvalue weighted by molar-refractivity contribution is 5.82. The molecular weight excluding hydrogens is 360 g/mol. The first-order valence-corrected chi connectivity index (χ1v) is 9.70. The van der Waals surface area contributed by atoms with Crippen LogP contribution in [-0.4, -0.2) is 42.5 Å². The Hall–Kier alpha value is -2.83. The van der Waals surface area contributed by atoms with E-state index < -0.39 is 0 Å². The van der Waals surface area contributed by atoms with Gasteiger partial charge in [0.2, 0.25) is 5.91 Å². The van der Waals surface area contributed by atoms with Gasteiger partial charge in [-0.2, -0.15) is 0 Å². The van der Waals surface area contributed by atoms with Crippen LogP contribution in [0, 0.1) is 0 Å². The Morgan fingerprint density at radius 3 is 2.68 bits per heavy atom. The number of benzene rings is 1. The van der Waals surface area contributed by atoms with Crippen molar-refractivity contribution in [2.75, 3.05) is 19.7 Å². The molecule has 2 aromatic rings. The molecular formula is C21H26N2O5. The van der Waals surface area contributed by atoms with Crippen molar-refractivity contribution in [3.8, 4) is 5.75 Å². The van der Waals surface area contributed by atoms with Crippen molar-refractivity contribution >= 4 is 22.8 Å². The predicted molar refractivity (Wildman–Crippen MR) is 105 cm³/mol. The fourth-order valence-electron chi connectivity index (χ4n) is 3.53. The van der Waals surface area contributed by atoms with Gasteiger partial charge in [-0.1, -0.05) is 13.3 Å². The lowest BCUT2D eigenvalue weighted by Gasteiger charge is -2.31. The quantitative estimate of drug-likeness (QED) is 0.769. The number of hydrogen-bond donors (Lipinski definition) is 1. The van der Waals surface area contributed by atoms with Crippen LogP contribution in [0.2, 0.25) is 0 Å². The van der Waals surface area contributed by atoms with Crippen molar-refractivity contribution in [2.24, 2.45) is 0 Å². The number of rotatable bonds is 6. The van der Waals surface area contributed by atoms with Crippen LogP contribution in [0.25, 0.3) is 11.0 Å². The Bertz CT molecular complexity index is 913. The van der Waals surface area contributed by atoms with E-state index in [2.05, 4.69) is 12.2 Å². The Balaban J connectivity index is 1.57. The summed E-state index contributed by atoms with van der Waals surface area (Å²) in [6.45, 7) is 4.82. The van der Waals surface area contributed by atoms with Crippen molar-refractivity contribution in [1.29, 1.82) is 0 Å². The van der Waals surface area contributed by atoms with Gasteiger partial charge in [0.05, 0.1) is 0 Å². The van der Waals surface area contributed by atoms with Gasteiger partial charge in [-0.25, -0.2) is 4.79 Å². The minimum absolute atomic E-state index is 0.0536. The van der Waals surface area contributed by atoms with Crippen LogP contribution in [0.15, 0.2) is 33.5 Å². The largest absolute Gasteiger partial charge is 0.484 e. The summed E-state index contributed by atoms with van der Waals surface area (Å²) in [5, 5.41) is 3.83. The number of carbonyl (C=O) groups excluding carboxylic acids is 2. The number of nitrogens with one attached hydrogen (secondary N) is 1. The summed E-state index contributed by atoms with van der Waals surface area (Å²) in [4.78, 5) is 37.1. The van der Waals surface area contributed by atoms with Gasteiger partial charge in [-0.15, -0.1) is 0 Å². The number of likely N-dealkylation sites (tertiary alicyclic amines) is 1. The van der Waals surface area contributed by atoms with E-state index in [0.717, 1.165) is 36.6 Å². The maximum absolute atomic E-state index is 12.2. The average Bonchev–Trinajstić information content (AvgIpc) is 2.66. The molecule has 1 N–H and O–H groups in total. The summed E-state index contributed by atoms with van der Waals surface area (Å²) in [6.07, 6.45) is 3.22. The zero-order valence-electron chi connectivity index (χ0n) is 16.3. The second-order valence-electron chi connectivity index (χ2n) is 7.14. The van der Waals surface area contributed by atoms with Gasteiger partial charge in [0.1, 0.15) is 11.3 Å². The van der Waals surface area contributed by atoms with Crippen molar-refractivity contribution in [1.82, 2.24) is 10.2 Å². The van der Waals surface area contributed by atoms with Crippen LogP contribution in [-0.2, 0) is 16.0 Å². The van der Waals surface area contributed by atoms with Crippen LogP contribution in [0.4, 0.5) is 0 Å². The topological polar surface area (TPSA) is 88.8 Å². The summed E-state index contributed by atoms with van der Waals surface area (Å²) in [6, 6.07) is 6.86. The minimum Gasteiger partial charge on any atom is -0.484 e. The van der Waals surface area contributed by atoms with E-state index in [-0.39, 0.29) is 30.1 Å². The molecule has 0 bridgehead atoms. The summed E-state index contributed by atoms with van der Waals surface area (Å²) in [5.41, 5.74) is 1.03. The lowest BCUT2D eigenvalue weighted by Crippen LogP contribution is -2.47. The Labute approximate surface area is 163 Å². The summed E-state index contributed by atoms with van der Waals surface area (Å²) < 4.78 is 10.9. The normalized spacial score (nSPS) is 14.9. The van der Waals surface area contributed by atoms with Gasteiger partial charge in [-0.05, 0) is 37.0 Å². The molecule has 0 radical (unpaired) electrons. The molecule has 28 heavy (non-hydrogen) atoms. The first-order valence-electron chi connectivity index (χ1n) is 9.70. The molecule has 1 aromatic carbocycles. The molecule has 0 saturated carbocycles. The second-order valence-corrected chi connectivity index (χ2v) is 7.14. The molecule has 0 aliphatic carbocycles. The Morgan fingerprint density at radius 1 is 1.25 bits per heavy atom. The van der Waals surface area contributed by atoms with Crippen LogP contribution >= 0.6 is 0 Å². The van der Waals surface area contributed by atoms with Crippen molar-refractivity contribution in [3.05, 3.63) is 40.2 Å². The van der Waals surface area contributed by atoms with Crippen LogP contribution in [0.1, 0.15) is 38.7 Å². The Morgan fingerprint density at radius 2 is 2.00 bits per heavy atom. The molecule has 1 aromatic heterocycles. The highest BCUT2D eigenvalue weighted by Gasteiger charge is 2.22. The van der Waals surface area contributed by atoms with Crippen molar-refractivity contribution < 1.29 is 18.7 Å². The molecule has 2 amide bonds. The average molecular weight is 386 g/mol. The Kier molecular flexibility index (Phi) is 6.34. The maximum atomic E-state index is 12.2. The van der Waals surface area contributed by atoms with Gasteiger partial charge < -0.3 is 19.4 Å². The summed E-state index contributed by atoms with van der Waals surface area (Å²) >= 11 is 0. The molecule has 7 nitrogen and oxygen atoms in total. The number of fused-ring (bicyclic) bond motifs is 1. The smallest absolute Gasteiger partial charge is 0.336 e. The van der Waals surface area contributed by atoms with E-state index in [0.29, 0.717) is 24.4 Å². The zero-order chi connectivity index (χ0) is 20.1. The zero-order valence-corrected chi connectivity index (χ0v) is 16.3. The molecule has 1 saturated heterocycles. The fraction of sp³-hybridized carbons (Fsp3) is 0.476. The number of aryl methyl sites for hydroxylation is 1. The number of amides is 2. The summed E-state index contributed by atoms with van der Waals surface area (Å²) in [5.74, 6) is 0.339. The monoisotopic (exact) mass is 386 g/mol. The highest BCUT2D eigenvalue weighted by atomic mass is 16.5. The van der Waals surface area contributed by atoms with Gasteiger partial charge in [0.15, 0.2) is 6.61 Å². The lowest BCUT2D eigenvalue weighted by atomic mass is 10.1. The molecule has 0 unspecified atom stereocenters. The minimum atomic E-state index is -0.386. The number of nitrogens with zero attached hydrogens (tertiary/aromatic N) is 1. The van der Waals surface area contributed by atoms with Crippen LogP contribution in [0.3, 0.4) is 0 Å². The molecule has 2 heterocycles. The van der Waals surface area contributed by atoms with E-state index in [9.17, 15) is 14.4 Å². The first-order chi connectivity index (χ1) is 13.5. The van der Waals surface area contributed by atoms with Crippen LogP contribution < -0.4 is 15.7 Å². The van der Waals surface area contributed by atoms with Gasteiger partial charge >= 0.3 is 5.63 Å². The lowest BCUT2D eigenvalue weighted by molar-refractivity contribution is -0.130. The molecule has 1 aliphatic heterocycles. The maximum Gasteiger partial charge on any atom is 0.336 e. The number of ether oxygens (including phenoxy) is 1.